The monoisotopic (exact) mass is 370 g/mol. The summed E-state index contributed by atoms with van der Waals surface area (Å²) in [7, 11) is 1.62. The van der Waals surface area contributed by atoms with Crippen LogP contribution in [0.1, 0.15) is 17.9 Å². The molecule has 0 unspecified atom stereocenters. The molecule has 6 heteroatoms. The summed E-state index contributed by atoms with van der Waals surface area (Å²) >= 11 is 6.07. The number of methoxy groups -OCH3 is 1. The van der Waals surface area contributed by atoms with Crippen LogP contribution in [0.25, 0.3) is 11.3 Å². The van der Waals surface area contributed by atoms with Gasteiger partial charge in [0.2, 0.25) is 5.91 Å². The van der Waals surface area contributed by atoms with E-state index >= 15 is 0 Å². The van der Waals surface area contributed by atoms with Gasteiger partial charge < -0.3 is 14.5 Å². The van der Waals surface area contributed by atoms with E-state index in [1.807, 2.05) is 43.3 Å². The van der Waals surface area contributed by atoms with Gasteiger partial charge in [0.25, 0.3) is 0 Å². The molecule has 0 atom stereocenters. The first-order chi connectivity index (χ1) is 12.5. The second kappa shape index (κ2) is 8.06. The molecule has 0 bridgehead atoms. The summed E-state index contributed by atoms with van der Waals surface area (Å²) in [5.41, 5.74) is 2.55. The first kappa shape index (κ1) is 18.0. The minimum absolute atomic E-state index is 0.117. The first-order valence-electron chi connectivity index (χ1n) is 8.20. The molecule has 1 aromatic heterocycles. The van der Waals surface area contributed by atoms with E-state index in [1.165, 1.54) is 0 Å². The predicted octanol–water partition coefficient (Wildman–Crippen LogP) is 4.88. The zero-order chi connectivity index (χ0) is 18.5. The summed E-state index contributed by atoms with van der Waals surface area (Å²) in [5, 5.41) is 3.45. The zero-order valence-electron chi connectivity index (χ0n) is 14.6. The first-order valence-corrected chi connectivity index (χ1v) is 8.58. The highest BCUT2D eigenvalue weighted by molar-refractivity contribution is 6.31. The molecule has 0 fully saturated rings. The standard InChI is InChI=1S/C20H19ClN2O3/c1-13-3-6-15(11-17(13)21)23-19(24)9-10-20-22-12-18(26-20)14-4-7-16(25-2)8-5-14/h3-8,11-12H,9-10H2,1-2H3,(H,23,24). The van der Waals surface area contributed by atoms with Gasteiger partial charge in [0.05, 0.1) is 13.3 Å². The molecular weight excluding hydrogens is 352 g/mol. The number of benzene rings is 2. The molecule has 3 aromatic rings. The molecule has 5 nitrogen and oxygen atoms in total. The molecule has 1 amide bonds. The summed E-state index contributed by atoms with van der Waals surface area (Å²) in [5.74, 6) is 1.84. The van der Waals surface area contributed by atoms with E-state index < -0.39 is 0 Å². The van der Waals surface area contributed by atoms with Crippen LogP contribution in [0.3, 0.4) is 0 Å². The Bertz CT molecular complexity index is 904. The van der Waals surface area contributed by atoms with Crippen LogP contribution in [0.2, 0.25) is 5.02 Å². The van der Waals surface area contributed by atoms with Gasteiger partial charge in [0.15, 0.2) is 11.7 Å². The number of nitrogens with one attached hydrogen (secondary N) is 1. The molecule has 2 aromatic carbocycles. The van der Waals surface area contributed by atoms with Gasteiger partial charge in [-0.15, -0.1) is 0 Å². The largest absolute Gasteiger partial charge is 0.497 e. The molecule has 0 saturated carbocycles. The quantitative estimate of drug-likeness (QED) is 0.671. The molecule has 134 valence electrons. The highest BCUT2D eigenvalue weighted by Gasteiger charge is 2.10. The normalized spacial score (nSPS) is 10.6. The fourth-order valence-corrected chi connectivity index (χ4v) is 2.61. The number of hydrogen-bond acceptors (Lipinski definition) is 4. The molecule has 0 spiro atoms. The molecule has 0 saturated heterocycles. The summed E-state index contributed by atoms with van der Waals surface area (Å²) < 4.78 is 10.9. The highest BCUT2D eigenvalue weighted by Crippen LogP contribution is 2.24. The second-order valence-electron chi connectivity index (χ2n) is 5.86. The van der Waals surface area contributed by atoms with E-state index in [-0.39, 0.29) is 12.3 Å². The average molecular weight is 371 g/mol. The van der Waals surface area contributed by atoms with E-state index in [1.54, 1.807) is 19.4 Å². The maximum absolute atomic E-state index is 12.1. The maximum atomic E-state index is 12.1. The summed E-state index contributed by atoms with van der Waals surface area (Å²) in [6.07, 6.45) is 2.35. The van der Waals surface area contributed by atoms with Crippen molar-refractivity contribution in [1.82, 2.24) is 4.98 Å². The van der Waals surface area contributed by atoms with Gasteiger partial charge >= 0.3 is 0 Å². The minimum atomic E-state index is -0.117. The lowest BCUT2D eigenvalue weighted by Crippen LogP contribution is -2.12. The Labute approximate surface area is 157 Å². The van der Waals surface area contributed by atoms with Gasteiger partial charge in [-0.05, 0) is 48.9 Å². The van der Waals surface area contributed by atoms with Crippen LogP contribution in [-0.2, 0) is 11.2 Å². The Morgan fingerprint density at radius 3 is 2.69 bits per heavy atom. The molecule has 0 aliphatic heterocycles. The maximum Gasteiger partial charge on any atom is 0.224 e. The lowest BCUT2D eigenvalue weighted by Gasteiger charge is -2.06. The van der Waals surface area contributed by atoms with E-state index in [2.05, 4.69) is 10.3 Å². The van der Waals surface area contributed by atoms with E-state index in [9.17, 15) is 4.79 Å². The van der Waals surface area contributed by atoms with Crippen LogP contribution in [-0.4, -0.2) is 18.0 Å². The van der Waals surface area contributed by atoms with Crippen LogP contribution in [0.5, 0.6) is 5.75 Å². The fourth-order valence-electron chi connectivity index (χ4n) is 2.43. The van der Waals surface area contributed by atoms with Crippen LogP contribution in [0, 0.1) is 6.92 Å². The van der Waals surface area contributed by atoms with Gasteiger partial charge in [0.1, 0.15) is 5.75 Å². The second-order valence-corrected chi connectivity index (χ2v) is 6.27. The Morgan fingerprint density at radius 2 is 2.00 bits per heavy atom. The molecule has 3 rings (SSSR count). The Hall–Kier alpha value is -2.79. The van der Waals surface area contributed by atoms with Crippen molar-refractivity contribution in [3.05, 3.63) is 65.1 Å². The molecule has 26 heavy (non-hydrogen) atoms. The van der Waals surface area contributed by atoms with Crippen LogP contribution < -0.4 is 10.1 Å². The molecule has 0 aliphatic carbocycles. The Kier molecular flexibility index (Phi) is 5.58. The van der Waals surface area contributed by atoms with Crippen molar-refractivity contribution in [2.45, 2.75) is 19.8 Å². The predicted molar refractivity (Wildman–Crippen MR) is 102 cm³/mol. The SMILES string of the molecule is COc1ccc(-c2cnc(CCC(=O)Nc3ccc(C)c(Cl)c3)o2)cc1. The highest BCUT2D eigenvalue weighted by atomic mass is 35.5. The zero-order valence-corrected chi connectivity index (χ0v) is 15.3. The molecule has 0 radical (unpaired) electrons. The van der Waals surface area contributed by atoms with Gasteiger partial charge in [-0.2, -0.15) is 0 Å². The number of amides is 1. The summed E-state index contributed by atoms with van der Waals surface area (Å²) in [6, 6.07) is 12.9. The smallest absolute Gasteiger partial charge is 0.224 e. The fraction of sp³-hybridized carbons (Fsp3) is 0.200. The molecule has 1 N–H and O–H groups in total. The van der Waals surface area contributed by atoms with E-state index in [0.29, 0.717) is 28.8 Å². The van der Waals surface area contributed by atoms with Crippen LogP contribution in [0.4, 0.5) is 5.69 Å². The number of rotatable bonds is 6. The van der Waals surface area contributed by atoms with E-state index in [4.69, 9.17) is 20.8 Å². The number of nitrogens with zero attached hydrogens (tertiary/aromatic N) is 1. The Balaban J connectivity index is 1.56. The lowest BCUT2D eigenvalue weighted by molar-refractivity contribution is -0.116. The minimum Gasteiger partial charge on any atom is -0.497 e. The number of carbonyl (C=O) groups is 1. The van der Waals surface area contributed by atoms with Crippen molar-refractivity contribution in [3.63, 3.8) is 0 Å². The lowest BCUT2D eigenvalue weighted by atomic mass is 10.2. The summed E-state index contributed by atoms with van der Waals surface area (Å²) in [6.45, 7) is 1.91. The molecular formula is C20H19ClN2O3. The number of carbonyl (C=O) groups excluding carboxylic acids is 1. The van der Waals surface area contributed by atoms with Crippen molar-refractivity contribution in [2.24, 2.45) is 0 Å². The summed E-state index contributed by atoms with van der Waals surface area (Å²) in [4.78, 5) is 16.3. The average Bonchev–Trinajstić information content (AvgIpc) is 3.12. The van der Waals surface area contributed by atoms with E-state index in [0.717, 1.165) is 16.9 Å². The molecule has 1 heterocycles. The van der Waals surface area contributed by atoms with Crippen LogP contribution in [0.15, 0.2) is 53.1 Å². The topological polar surface area (TPSA) is 64.4 Å². The number of aryl methyl sites for hydroxylation is 2. The number of hydrogen-bond donors (Lipinski definition) is 1. The third-order valence-corrected chi connectivity index (χ3v) is 4.36. The van der Waals surface area contributed by atoms with Crippen molar-refractivity contribution < 1.29 is 13.9 Å². The third-order valence-electron chi connectivity index (χ3n) is 3.95. The number of aromatic nitrogens is 1. The number of ether oxygens (including phenoxy) is 1. The molecule has 0 aliphatic rings. The van der Waals surface area contributed by atoms with Gasteiger partial charge in [-0.1, -0.05) is 17.7 Å². The van der Waals surface area contributed by atoms with Crippen molar-refractivity contribution >= 4 is 23.2 Å². The Morgan fingerprint density at radius 1 is 1.23 bits per heavy atom. The van der Waals surface area contributed by atoms with Gasteiger partial charge in [-0.3, -0.25) is 4.79 Å². The number of halogens is 1. The number of anilines is 1. The van der Waals surface area contributed by atoms with Gasteiger partial charge in [-0.25, -0.2) is 4.98 Å². The third kappa shape index (κ3) is 4.43. The van der Waals surface area contributed by atoms with Gasteiger partial charge in [0, 0.05) is 29.1 Å². The number of oxazole rings is 1. The van der Waals surface area contributed by atoms with Crippen molar-refractivity contribution in [2.75, 3.05) is 12.4 Å². The van der Waals surface area contributed by atoms with Crippen molar-refractivity contribution in [1.29, 1.82) is 0 Å². The van der Waals surface area contributed by atoms with Crippen LogP contribution >= 0.6 is 11.6 Å². The van der Waals surface area contributed by atoms with Crippen molar-refractivity contribution in [3.8, 4) is 17.1 Å².